The smallest absolute Gasteiger partial charge is 0.266 e. The summed E-state index contributed by atoms with van der Waals surface area (Å²) in [7, 11) is 0. The lowest BCUT2D eigenvalue weighted by molar-refractivity contribution is 0.0730. The van der Waals surface area contributed by atoms with Gasteiger partial charge in [-0.05, 0) is 37.5 Å². The molecule has 100 valence electrons. The summed E-state index contributed by atoms with van der Waals surface area (Å²) in [5.74, 6) is 0.0644. The van der Waals surface area contributed by atoms with Gasteiger partial charge in [0.2, 0.25) is 0 Å². The Labute approximate surface area is 121 Å². The lowest BCUT2D eigenvalue weighted by Crippen LogP contribution is -2.35. The summed E-state index contributed by atoms with van der Waals surface area (Å²) in [6, 6.07) is 5.56. The number of fused-ring (bicyclic) bond motifs is 1. The number of thiophene rings is 1. The van der Waals surface area contributed by atoms with Crippen LogP contribution in [0.25, 0.3) is 10.1 Å². The highest BCUT2D eigenvalue weighted by Gasteiger charge is 2.23. The van der Waals surface area contributed by atoms with Crippen LogP contribution >= 0.6 is 22.9 Å². The van der Waals surface area contributed by atoms with Crippen molar-refractivity contribution in [2.24, 2.45) is 0 Å². The fraction of sp³-hybridized carbons (Fsp3) is 0.357. The van der Waals surface area contributed by atoms with Gasteiger partial charge in [0.05, 0.1) is 5.69 Å². The van der Waals surface area contributed by atoms with Crippen molar-refractivity contribution in [1.82, 2.24) is 4.90 Å². The SMILES string of the molecule is Nc1c(C(=O)N2CCCCC2)sc2cc(Cl)ccc12. The second kappa shape index (κ2) is 5.02. The fourth-order valence-corrected chi connectivity index (χ4v) is 3.86. The van der Waals surface area contributed by atoms with Crippen molar-refractivity contribution in [2.75, 3.05) is 18.8 Å². The fourth-order valence-electron chi connectivity index (χ4n) is 2.49. The minimum absolute atomic E-state index is 0.0644. The molecule has 0 spiro atoms. The second-order valence-corrected chi connectivity index (χ2v) is 6.33. The van der Waals surface area contributed by atoms with Crippen LogP contribution in [0, 0.1) is 0 Å². The van der Waals surface area contributed by atoms with Crippen molar-refractivity contribution in [3.05, 3.63) is 28.1 Å². The summed E-state index contributed by atoms with van der Waals surface area (Å²) in [5.41, 5.74) is 6.71. The van der Waals surface area contributed by atoms with E-state index in [1.165, 1.54) is 17.8 Å². The molecule has 0 atom stereocenters. The van der Waals surface area contributed by atoms with Gasteiger partial charge in [0.15, 0.2) is 0 Å². The molecule has 1 aliphatic rings. The number of rotatable bonds is 1. The molecular formula is C14H15ClN2OS. The first-order valence-corrected chi connectivity index (χ1v) is 7.63. The Morgan fingerprint density at radius 1 is 1.26 bits per heavy atom. The van der Waals surface area contributed by atoms with Crippen LogP contribution in [0.15, 0.2) is 18.2 Å². The quantitative estimate of drug-likeness (QED) is 0.870. The largest absolute Gasteiger partial charge is 0.397 e. The molecule has 0 unspecified atom stereocenters. The normalized spacial score (nSPS) is 15.9. The van der Waals surface area contributed by atoms with Gasteiger partial charge >= 0.3 is 0 Å². The van der Waals surface area contributed by atoms with Gasteiger partial charge in [-0.1, -0.05) is 11.6 Å². The molecule has 1 aromatic carbocycles. The Morgan fingerprint density at radius 3 is 2.74 bits per heavy atom. The molecule has 1 saturated heterocycles. The number of carbonyl (C=O) groups excluding carboxylic acids is 1. The average Bonchev–Trinajstić information content (AvgIpc) is 2.75. The maximum atomic E-state index is 12.5. The van der Waals surface area contributed by atoms with Crippen LogP contribution in [0.3, 0.4) is 0 Å². The first kappa shape index (κ1) is 12.8. The van der Waals surface area contributed by atoms with Crippen molar-refractivity contribution in [3.63, 3.8) is 0 Å². The summed E-state index contributed by atoms with van der Waals surface area (Å²) in [5, 5.41) is 1.60. The average molecular weight is 295 g/mol. The van der Waals surface area contributed by atoms with Crippen molar-refractivity contribution < 1.29 is 4.79 Å². The van der Waals surface area contributed by atoms with E-state index < -0.39 is 0 Å². The highest BCUT2D eigenvalue weighted by molar-refractivity contribution is 7.21. The molecule has 1 aromatic heterocycles. The van der Waals surface area contributed by atoms with Gasteiger partial charge in [0, 0.05) is 28.2 Å². The van der Waals surface area contributed by atoms with E-state index >= 15 is 0 Å². The van der Waals surface area contributed by atoms with Gasteiger partial charge in [-0.15, -0.1) is 11.3 Å². The van der Waals surface area contributed by atoms with Crippen molar-refractivity contribution in [3.8, 4) is 0 Å². The third kappa shape index (κ3) is 2.30. The Morgan fingerprint density at radius 2 is 2.00 bits per heavy atom. The van der Waals surface area contributed by atoms with Crippen LogP contribution in [0.2, 0.25) is 5.02 Å². The van der Waals surface area contributed by atoms with Crippen LogP contribution in [0.4, 0.5) is 5.69 Å². The predicted octanol–water partition coefficient (Wildman–Crippen LogP) is 3.76. The number of amides is 1. The zero-order valence-electron chi connectivity index (χ0n) is 10.5. The van der Waals surface area contributed by atoms with E-state index in [9.17, 15) is 4.79 Å². The van der Waals surface area contributed by atoms with E-state index in [4.69, 9.17) is 17.3 Å². The molecular weight excluding hydrogens is 280 g/mol. The molecule has 2 N–H and O–H groups in total. The first-order chi connectivity index (χ1) is 9.16. The third-order valence-electron chi connectivity index (χ3n) is 3.53. The van der Waals surface area contributed by atoms with E-state index in [1.54, 1.807) is 0 Å². The number of carbonyl (C=O) groups is 1. The van der Waals surface area contributed by atoms with Gasteiger partial charge in [-0.25, -0.2) is 0 Å². The Hall–Kier alpha value is -1.26. The van der Waals surface area contributed by atoms with Gasteiger partial charge in [-0.2, -0.15) is 0 Å². The standard InChI is InChI=1S/C14H15ClN2OS/c15-9-4-5-10-11(8-9)19-13(12(10)16)14(18)17-6-2-1-3-7-17/h4-5,8H,1-3,6-7,16H2. The van der Waals surface area contributed by atoms with Crippen LogP contribution in [-0.2, 0) is 0 Å². The Bertz CT molecular complexity index is 632. The monoisotopic (exact) mass is 294 g/mol. The molecule has 0 aliphatic carbocycles. The number of anilines is 1. The summed E-state index contributed by atoms with van der Waals surface area (Å²) in [6.45, 7) is 1.68. The van der Waals surface area contributed by atoms with E-state index in [-0.39, 0.29) is 5.91 Å². The molecule has 3 rings (SSSR count). The zero-order chi connectivity index (χ0) is 13.4. The number of hydrogen-bond donors (Lipinski definition) is 1. The van der Waals surface area contributed by atoms with Crippen LogP contribution in [-0.4, -0.2) is 23.9 Å². The molecule has 2 heterocycles. The highest BCUT2D eigenvalue weighted by Crippen LogP contribution is 2.36. The van der Waals surface area contributed by atoms with Gasteiger partial charge < -0.3 is 10.6 Å². The van der Waals surface area contributed by atoms with E-state index in [0.717, 1.165) is 36.0 Å². The van der Waals surface area contributed by atoms with Crippen LogP contribution < -0.4 is 5.73 Å². The zero-order valence-corrected chi connectivity index (χ0v) is 12.1. The first-order valence-electron chi connectivity index (χ1n) is 6.43. The molecule has 19 heavy (non-hydrogen) atoms. The molecule has 0 radical (unpaired) electrons. The molecule has 1 amide bonds. The lowest BCUT2D eigenvalue weighted by atomic mass is 10.1. The number of nitrogen functional groups attached to an aromatic ring is 1. The van der Waals surface area contributed by atoms with E-state index in [0.29, 0.717) is 15.6 Å². The van der Waals surface area contributed by atoms with E-state index in [1.807, 2.05) is 23.1 Å². The number of nitrogens with zero attached hydrogens (tertiary/aromatic N) is 1. The molecule has 5 heteroatoms. The maximum absolute atomic E-state index is 12.5. The number of piperidine rings is 1. The topological polar surface area (TPSA) is 46.3 Å². The Kier molecular flexibility index (Phi) is 3.37. The Balaban J connectivity index is 2.00. The van der Waals surface area contributed by atoms with Gasteiger partial charge in [0.1, 0.15) is 4.88 Å². The highest BCUT2D eigenvalue weighted by atomic mass is 35.5. The molecule has 0 bridgehead atoms. The molecule has 0 saturated carbocycles. The molecule has 3 nitrogen and oxygen atoms in total. The number of halogens is 1. The van der Waals surface area contributed by atoms with E-state index in [2.05, 4.69) is 0 Å². The third-order valence-corrected chi connectivity index (χ3v) is 4.92. The lowest BCUT2D eigenvalue weighted by Gasteiger charge is -2.26. The van der Waals surface area contributed by atoms with Crippen LogP contribution in [0.1, 0.15) is 28.9 Å². The summed E-state index contributed by atoms with van der Waals surface area (Å²) in [6.07, 6.45) is 3.38. The minimum Gasteiger partial charge on any atom is -0.397 e. The van der Waals surface area contributed by atoms with Gasteiger partial charge in [0.25, 0.3) is 5.91 Å². The summed E-state index contributed by atoms with van der Waals surface area (Å²) >= 11 is 7.42. The molecule has 2 aromatic rings. The molecule has 1 fully saturated rings. The van der Waals surface area contributed by atoms with Crippen molar-refractivity contribution in [2.45, 2.75) is 19.3 Å². The number of hydrogen-bond acceptors (Lipinski definition) is 3. The maximum Gasteiger partial charge on any atom is 0.266 e. The number of likely N-dealkylation sites (tertiary alicyclic amines) is 1. The van der Waals surface area contributed by atoms with Crippen LogP contribution in [0.5, 0.6) is 0 Å². The minimum atomic E-state index is 0.0644. The van der Waals surface area contributed by atoms with Crippen molar-refractivity contribution in [1.29, 1.82) is 0 Å². The second-order valence-electron chi connectivity index (χ2n) is 4.84. The predicted molar refractivity (Wildman–Crippen MR) is 81.0 cm³/mol. The summed E-state index contributed by atoms with van der Waals surface area (Å²) < 4.78 is 0.977. The molecule has 1 aliphatic heterocycles. The number of nitrogens with two attached hydrogens (primary N) is 1. The van der Waals surface area contributed by atoms with Crippen molar-refractivity contribution >= 4 is 44.6 Å². The van der Waals surface area contributed by atoms with Gasteiger partial charge in [-0.3, -0.25) is 4.79 Å². The number of benzene rings is 1. The summed E-state index contributed by atoms with van der Waals surface area (Å²) in [4.78, 5) is 15.1.